The zero-order chi connectivity index (χ0) is 8.97. The van der Waals surface area contributed by atoms with Crippen molar-refractivity contribution in [1.82, 2.24) is 4.90 Å². The van der Waals surface area contributed by atoms with E-state index in [0.717, 1.165) is 31.7 Å². The van der Waals surface area contributed by atoms with Crippen molar-refractivity contribution in [3.8, 4) is 0 Å². The van der Waals surface area contributed by atoms with Crippen LogP contribution >= 0.6 is 12.9 Å². The van der Waals surface area contributed by atoms with E-state index in [1.54, 1.807) is 0 Å². The third-order valence-corrected chi connectivity index (χ3v) is 2.97. The highest BCUT2D eigenvalue weighted by molar-refractivity contribution is 7.75. The van der Waals surface area contributed by atoms with Crippen molar-refractivity contribution in [3.05, 3.63) is 0 Å². The summed E-state index contributed by atoms with van der Waals surface area (Å²) < 4.78 is 4.74. The van der Waals surface area contributed by atoms with E-state index in [2.05, 4.69) is 31.7 Å². The minimum absolute atomic E-state index is 0.763. The van der Waals surface area contributed by atoms with E-state index in [9.17, 15) is 0 Å². The van der Waals surface area contributed by atoms with Crippen LogP contribution in [0.4, 0.5) is 0 Å². The van der Waals surface area contributed by atoms with Crippen molar-refractivity contribution in [2.24, 2.45) is 0 Å². The van der Waals surface area contributed by atoms with E-state index >= 15 is 0 Å². The summed E-state index contributed by atoms with van der Waals surface area (Å²) in [5.41, 5.74) is 0. The molecule has 0 aromatic heterocycles. The second-order valence-corrected chi connectivity index (χ2v) is 3.96. The van der Waals surface area contributed by atoms with Crippen molar-refractivity contribution in [1.29, 1.82) is 0 Å². The maximum Gasteiger partial charge on any atom is 0.0622 e. The molecule has 0 spiro atoms. The van der Waals surface area contributed by atoms with Gasteiger partial charge in [-0.1, -0.05) is 0 Å². The Balaban J connectivity index is 2.20. The number of likely N-dealkylation sites (tertiary alicyclic amines) is 1. The Morgan fingerprint density at radius 1 is 1.33 bits per heavy atom. The minimum Gasteiger partial charge on any atom is -0.318 e. The van der Waals surface area contributed by atoms with Crippen molar-refractivity contribution in [2.75, 3.05) is 13.2 Å². The zero-order valence-electron chi connectivity index (χ0n) is 7.99. The van der Waals surface area contributed by atoms with E-state index in [1.807, 2.05) is 0 Å². The van der Waals surface area contributed by atoms with Crippen LogP contribution in [0.2, 0.25) is 0 Å². The number of hydrogen-bond acceptors (Lipinski definition) is 3. The van der Waals surface area contributed by atoms with Gasteiger partial charge < -0.3 is 4.18 Å². The Bertz CT molecular complexity index is 122. The first-order chi connectivity index (χ1) is 5.75. The van der Waals surface area contributed by atoms with Gasteiger partial charge in [0.1, 0.15) is 0 Å². The quantitative estimate of drug-likeness (QED) is 0.413. The summed E-state index contributed by atoms with van der Waals surface area (Å²) >= 11 is 3.72. The van der Waals surface area contributed by atoms with Gasteiger partial charge in [-0.2, -0.15) is 0 Å². The lowest BCUT2D eigenvalue weighted by Gasteiger charge is -2.25. The monoisotopic (exact) mass is 189 g/mol. The van der Waals surface area contributed by atoms with Crippen LogP contribution < -0.4 is 0 Å². The van der Waals surface area contributed by atoms with Gasteiger partial charge in [-0.05, 0) is 46.0 Å². The van der Waals surface area contributed by atoms with E-state index in [1.165, 1.54) is 12.8 Å². The highest BCUT2D eigenvalue weighted by Crippen LogP contribution is 2.23. The van der Waals surface area contributed by atoms with Crippen LogP contribution in [0.25, 0.3) is 0 Å². The molecule has 0 unspecified atom stereocenters. The van der Waals surface area contributed by atoms with E-state index in [4.69, 9.17) is 4.18 Å². The van der Waals surface area contributed by atoms with Gasteiger partial charge in [-0.15, -0.1) is 0 Å². The zero-order valence-corrected chi connectivity index (χ0v) is 8.89. The van der Waals surface area contributed by atoms with Crippen molar-refractivity contribution < 1.29 is 4.18 Å². The highest BCUT2D eigenvalue weighted by Gasteiger charge is 2.25. The van der Waals surface area contributed by atoms with Crippen molar-refractivity contribution in [2.45, 2.75) is 45.2 Å². The number of nitrogens with zero attached hydrogens (tertiary/aromatic N) is 1. The first-order valence-corrected chi connectivity index (χ1v) is 5.14. The third kappa shape index (κ3) is 2.64. The molecule has 1 heterocycles. The molecule has 0 radical (unpaired) electrons. The summed E-state index contributed by atoms with van der Waals surface area (Å²) in [5, 5.41) is 0. The maximum absolute atomic E-state index is 4.74. The second-order valence-electron chi connectivity index (χ2n) is 3.70. The first-order valence-electron chi connectivity index (χ1n) is 4.78. The van der Waals surface area contributed by atoms with Gasteiger partial charge >= 0.3 is 0 Å². The molecule has 1 aliphatic heterocycles. The molecule has 0 aromatic rings. The molecule has 3 heteroatoms. The highest BCUT2D eigenvalue weighted by atomic mass is 32.1. The van der Waals surface area contributed by atoms with Gasteiger partial charge in [0, 0.05) is 18.6 Å². The van der Waals surface area contributed by atoms with Crippen LogP contribution in [0.3, 0.4) is 0 Å². The number of hydrogen-bond donors (Lipinski definition) is 1. The Labute approximate surface area is 80.9 Å². The number of rotatable bonds is 4. The summed E-state index contributed by atoms with van der Waals surface area (Å²) in [4.78, 5) is 2.56. The predicted octanol–water partition coefficient (Wildman–Crippen LogP) is 2.11. The summed E-state index contributed by atoms with van der Waals surface area (Å²) in [6.45, 7) is 6.54. The lowest BCUT2D eigenvalue weighted by molar-refractivity contribution is 0.198. The standard InChI is InChI=1S/C9H19NOS/c1-8-4-5-9(2)10(8)6-3-7-11-12/h8-9,12H,3-7H2,1-2H3/t8-,9-/m1/s1. The van der Waals surface area contributed by atoms with Crippen LogP contribution in [0, 0.1) is 0 Å². The fourth-order valence-electron chi connectivity index (χ4n) is 2.00. The Morgan fingerprint density at radius 2 is 1.92 bits per heavy atom. The van der Waals surface area contributed by atoms with Gasteiger partial charge in [-0.3, -0.25) is 4.90 Å². The topological polar surface area (TPSA) is 12.5 Å². The molecule has 0 amide bonds. The summed E-state index contributed by atoms with van der Waals surface area (Å²) in [6, 6.07) is 1.53. The molecule has 1 fully saturated rings. The minimum atomic E-state index is 0.763. The van der Waals surface area contributed by atoms with Gasteiger partial charge in [0.15, 0.2) is 0 Å². The molecule has 0 aliphatic carbocycles. The molecule has 72 valence electrons. The molecule has 1 saturated heterocycles. The molecular weight excluding hydrogens is 170 g/mol. The maximum atomic E-state index is 4.74. The van der Waals surface area contributed by atoms with Crippen LogP contribution in [-0.4, -0.2) is 30.1 Å². The largest absolute Gasteiger partial charge is 0.318 e. The van der Waals surface area contributed by atoms with Crippen molar-refractivity contribution >= 4 is 12.9 Å². The van der Waals surface area contributed by atoms with Gasteiger partial charge in [0.25, 0.3) is 0 Å². The molecule has 1 aliphatic rings. The molecule has 0 aromatic carbocycles. The molecule has 0 N–H and O–H groups in total. The first kappa shape index (κ1) is 10.4. The molecule has 0 saturated carbocycles. The van der Waals surface area contributed by atoms with Gasteiger partial charge in [-0.25, -0.2) is 0 Å². The predicted molar refractivity (Wildman–Crippen MR) is 54.4 cm³/mol. The Kier molecular flexibility index (Phi) is 4.40. The number of thiol groups is 1. The normalized spacial score (nSPS) is 31.2. The Morgan fingerprint density at radius 3 is 2.42 bits per heavy atom. The Hall–Kier alpha value is 0.270. The molecule has 0 bridgehead atoms. The lowest BCUT2D eigenvalue weighted by atomic mass is 10.2. The van der Waals surface area contributed by atoms with E-state index in [-0.39, 0.29) is 0 Å². The molecule has 1 rings (SSSR count). The lowest BCUT2D eigenvalue weighted by Crippen LogP contribution is -2.33. The smallest absolute Gasteiger partial charge is 0.0622 e. The van der Waals surface area contributed by atoms with Gasteiger partial charge in [0.2, 0.25) is 0 Å². The van der Waals surface area contributed by atoms with Crippen molar-refractivity contribution in [3.63, 3.8) is 0 Å². The summed E-state index contributed by atoms with van der Waals surface area (Å²) in [7, 11) is 0. The molecule has 2 atom stereocenters. The summed E-state index contributed by atoms with van der Waals surface area (Å²) in [6.07, 6.45) is 3.80. The van der Waals surface area contributed by atoms with Gasteiger partial charge in [0.05, 0.1) is 6.61 Å². The van der Waals surface area contributed by atoms with Crippen LogP contribution in [0.5, 0.6) is 0 Å². The molecule has 2 nitrogen and oxygen atoms in total. The third-order valence-electron chi connectivity index (χ3n) is 2.79. The average molecular weight is 189 g/mol. The fraction of sp³-hybridized carbons (Fsp3) is 1.00. The van der Waals surface area contributed by atoms with Crippen LogP contribution in [-0.2, 0) is 4.18 Å². The second kappa shape index (κ2) is 5.10. The SMILES string of the molecule is C[C@@H]1CC[C@@H](C)N1CCCOS. The molecular formula is C9H19NOS. The van der Waals surface area contributed by atoms with Crippen LogP contribution in [0.1, 0.15) is 33.1 Å². The fourth-order valence-corrected chi connectivity index (χ4v) is 2.13. The van der Waals surface area contributed by atoms with E-state index in [0.29, 0.717) is 0 Å². The van der Waals surface area contributed by atoms with Crippen LogP contribution in [0.15, 0.2) is 0 Å². The molecule has 12 heavy (non-hydrogen) atoms. The summed E-state index contributed by atoms with van der Waals surface area (Å²) in [5.74, 6) is 0. The average Bonchev–Trinajstić information content (AvgIpc) is 2.35. The van der Waals surface area contributed by atoms with E-state index < -0.39 is 0 Å².